The molecule has 0 spiro atoms. The van der Waals surface area contributed by atoms with E-state index < -0.39 is 0 Å². The number of aliphatic hydroxyl groups excluding tert-OH is 1. The molecule has 3 heteroatoms. The summed E-state index contributed by atoms with van der Waals surface area (Å²) in [7, 11) is 0. The topological polar surface area (TPSA) is 56.4 Å². The molecule has 0 radical (unpaired) electrons. The Morgan fingerprint density at radius 2 is 1.96 bits per heavy atom. The van der Waals surface area contributed by atoms with Crippen LogP contribution >= 0.6 is 0 Å². The number of fused-ring (bicyclic) bond motifs is 5. The molecule has 0 heterocycles. The number of aliphatic hydroxyl groups is 1. The van der Waals surface area contributed by atoms with E-state index in [2.05, 4.69) is 32.0 Å². The Morgan fingerprint density at radius 1 is 1.17 bits per heavy atom. The Labute approximate surface area is 146 Å². The fourth-order valence-electron chi connectivity index (χ4n) is 7.56. The van der Waals surface area contributed by atoms with Crippen LogP contribution in [0.5, 0.6) is 0 Å². The van der Waals surface area contributed by atoms with Crippen LogP contribution < -0.4 is 0 Å². The van der Waals surface area contributed by atoms with Crippen molar-refractivity contribution in [1.82, 2.24) is 0 Å². The summed E-state index contributed by atoms with van der Waals surface area (Å²) in [5, 5.41) is 14.0. The van der Waals surface area contributed by atoms with Gasteiger partial charge in [-0.2, -0.15) is 5.11 Å². The summed E-state index contributed by atoms with van der Waals surface area (Å²) in [6.45, 7) is 7.16. The molecule has 0 aromatic heterocycles. The monoisotopic (exact) mass is 330 g/mol. The van der Waals surface area contributed by atoms with Crippen LogP contribution in [0.4, 0.5) is 0 Å². The molecular weight excluding hydrogens is 296 g/mol. The minimum atomic E-state index is -0.106. The molecule has 4 aliphatic carbocycles. The van der Waals surface area contributed by atoms with Gasteiger partial charge < -0.3 is 5.11 Å². The second kappa shape index (κ2) is 5.65. The average molecular weight is 331 g/mol. The van der Waals surface area contributed by atoms with Crippen LogP contribution in [0, 0.1) is 40.0 Å². The van der Waals surface area contributed by atoms with Gasteiger partial charge in [0, 0.05) is 0 Å². The van der Waals surface area contributed by atoms with Gasteiger partial charge >= 0.3 is 0 Å². The van der Waals surface area contributed by atoms with E-state index in [1.165, 1.54) is 38.5 Å². The van der Waals surface area contributed by atoms with Crippen molar-refractivity contribution in [3.63, 3.8) is 0 Å². The van der Waals surface area contributed by atoms with Crippen molar-refractivity contribution in [3.05, 3.63) is 11.6 Å². The zero-order valence-corrected chi connectivity index (χ0v) is 15.6. The van der Waals surface area contributed by atoms with Crippen molar-refractivity contribution in [1.29, 1.82) is 5.53 Å². The number of nitrogens with zero attached hydrogens (tertiary/aromatic N) is 1. The zero-order chi connectivity index (χ0) is 17.1. The van der Waals surface area contributed by atoms with Crippen LogP contribution in [0.1, 0.15) is 72.1 Å². The molecule has 3 saturated carbocycles. The lowest BCUT2D eigenvalue weighted by Crippen LogP contribution is -2.51. The van der Waals surface area contributed by atoms with Gasteiger partial charge in [-0.1, -0.05) is 25.5 Å². The molecule has 0 aliphatic heterocycles. The van der Waals surface area contributed by atoms with E-state index in [0.717, 1.165) is 30.6 Å². The number of rotatable bonds is 2. The highest BCUT2D eigenvalue weighted by molar-refractivity contribution is 5.25. The third kappa shape index (κ3) is 2.19. The molecule has 134 valence electrons. The van der Waals surface area contributed by atoms with Gasteiger partial charge in [0.25, 0.3) is 0 Å². The van der Waals surface area contributed by atoms with E-state index in [4.69, 9.17) is 5.53 Å². The van der Waals surface area contributed by atoms with Crippen molar-refractivity contribution >= 4 is 0 Å². The Morgan fingerprint density at radius 3 is 2.71 bits per heavy atom. The van der Waals surface area contributed by atoms with E-state index >= 15 is 0 Å². The lowest BCUT2D eigenvalue weighted by Gasteiger charge is -2.58. The van der Waals surface area contributed by atoms with Crippen LogP contribution in [0.15, 0.2) is 16.8 Å². The number of hydrogen-bond acceptors (Lipinski definition) is 3. The molecular formula is C21H34N2O. The standard InChI is InChI=1S/C21H34N2O/c1-13(23-22)17-6-7-18-16-5-4-14-12-15(24)8-10-20(14,2)19(16)9-11-21(17,18)3/h4,13,15-19,22,24H,5-12H2,1-3H3/t13?,15?,16-,17+,18-,19-,20-,21+/m0/s1. The molecule has 4 rings (SSSR count). The number of hydrogen-bond donors (Lipinski definition) is 2. The van der Waals surface area contributed by atoms with Gasteiger partial charge in [0.1, 0.15) is 0 Å². The molecule has 3 nitrogen and oxygen atoms in total. The predicted octanol–water partition coefficient (Wildman–Crippen LogP) is 5.35. The normalized spacial score (nSPS) is 51.8. The molecule has 0 aromatic carbocycles. The van der Waals surface area contributed by atoms with Gasteiger partial charge in [0.15, 0.2) is 0 Å². The number of allylic oxidation sites excluding steroid dienone is 1. The molecule has 2 unspecified atom stereocenters. The number of nitrogens with one attached hydrogen (secondary N) is 1. The van der Waals surface area contributed by atoms with E-state index in [9.17, 15) is 5.11 Å². The minimum Gasteiger partial charge on any atom is -0.393 e. The first-order valence-electron chi connectivity index (χ1n) is 10.1. The molecule has 8 atom stereocenters. The second-order valence-corrected chi connectivity index (χ2v) is 9.75. The minimum absolute atomic E-state index is 0.106. The maximum Gasteiger partial charge on any atom is 0.0711 e. The highest BCUT2D eigenvalue weighted by Gasteiger charge is 2.59. The van der Waals surface area contributed by atoms with Crippen LogP contribution in [-0.4, -0.2) is 17.3 Å². The van der Waals surface area contributed by atoms with Crippen molar-refractivity contribution in [2.75, 3.05) is 0 Å². The SMILES string of the molecule is CC(N=N)[C@H]1CC[C@H]2[C@@H]3CC=C4CC(O)CC[C@]4(C)[C@H]3CC[C@]12C. The van der Waals surface area contributed by atoms with E-state index in [1.54, 1.807) is 5.57 Å². The molecule has 0 amide bonds. The van der Waals surface area contributed by atoms with E-state index in [0.29, 0.717) is 16.7 Å². The molecule has 24 heavy (non-hydrogen) atoms. The fraction of sp³-hybridized carbons (Fsp3) is 0.905. The second-order valence-electron chi connectivity index (χ2n) is 9.75. The summed E-state index contributed by atoms with van der Waals surface area (Å²) in [5.41, 5.74) is 9.81. The van der Waals surface area contributed by atoms with E-state index in [-0.39, 0.29) is 12.1 Å². The summed E-state index contributed by atoms with van der Waals surface area (Å²) in [4.78, 5) is 0. The van der Waals surface area contributed by atoms with Crippen molar-refractivity contribution in [2.45, 2.75) is 84.3 Å². The Balaban J connectivity index is 1.64. The van der Waals surface area contributed by atoms with Gasteiger partial charge in [0.05, 0.1) is 12.1 Å². The molecule has 3 fully saturated rings. The van der Waals surface area contributed by atoms with Gasteiger partial charge in [-0.15, -0.1) is 0 Å². The maximum atomic E-state index is 10.1. The van der Waals surface area contributed by atoms with Crippen LogP contribution in [0.2, 0.25) is 0 Å². The first-order valence-corrected chi connectivity index (χ1v) is 10.1. The fourth-order valence-corrected chi connectivity index (χ4v) is 7.56. The zero-order valence-electron chi connectivity index (χ0n) is 15.6. The maximum absolute atomic E-state index is 10.1. The molecule has 0 bridgehead atoms. The highest BCUT2D eigenvalue weighted by atomic mass is 16.3. The first kappa shape index (κ1) is 16.8. The lowest BCUT2D eigenvalue weighted by molar-refractivity contribution is -0.0522. The Bertz CT molecular complexity index is 558. The summed E-state index contributed by atoms with van der Waals surface area (Å²) in [5.74, 6) is 3.04. The van der Waals surface area contributed by atoms with Crippen molar-refractivity contribution < 1.29 is 5.11 Å². The van der Waals surface area contributed by atoms with Crippen LogP contribution in [0.3, 0.4) is 0 Å². The summed E-state index contributed by atoms with van der Waals surface area (Å²) >= 11 is 0. The smallest absolute Gasteiger partial charge is 0.0711 e. The van der Waals surface area contributed by atoms with Crippen molar-refractivity contribution in [3.8, 4) is 0 Å². The Kier molecular flexibility index (Phi) is 3.95. The summed E-state index contributed by atoms with van der Waals surface area (Å²) in [6, 6.07) is 0.187. The Hall–Kier alpha value is -0.700. The average Bonchev–Trinajstić information content (AvgIpc) is 2.92. The predicted molar refractivity (Wildman–Crippen MR) is 95.8 cm³/mol. The van der Waals surface area contributed by atoms with E-state index in [1.807, 2.05) is 0 Å². The van der Waals surface area contributed by atoms with Gasteiger partial charge in [-0.05, 0) is 92.8 Å². The molecule has 0 aromatic rings. The van der Waals surface area contributed by atoms with Gasteiger partial charge in [-0.25, -0.2) is 5.53 Å². The third-order valence-electron chi connectivity index (χ3n) is 8.94. The van der Waals surface area contributed by atoms with Crippen molar-refractivity contribution in [2.24, 2.45) is 39.6 Å². The summed E-state index contributed by atoms with van der Waals surface area (Å²) < 4.78 is 0. The molecule has 2 N–H and O–H groups in total. The van der Waals surface area contributed by atoms with Gasteiger partial charge in [-0.3, -0.25) is 0 Å². The largest absolute Gasteiger partial charge is 0.393 e. The van der Waals surface area contributed by atoms with Crippen LogP contribution in [-0.2, 0) is 0 Å². The van der Waals surface area contributed by atoms with Crippen LogP contribution in [0.25, 0.3) is 0 Å². The lowest BCUT2D eigenvalue weighted by atomic mass is 9.47. The highest BCUT2D eigenvalue weighted by Crippen LogP contribution is 2.66. The molecule has 4 aliphatic rings. The quantitative estimate of drug-likeness (QED) is 0.520. The summed E-state index contributed by atoms with van der Waals surface area (Å²) in [6.07, 6.45) is 12.0. The first-order chi connectivity index (χ1) is 11.4. The molecule has 0 saturated heterocycles. The third-order valence-corrected chi connectivity index (χ3v) is 8.94. The van der Waals surface area contributed by atoms with Gasteiger partial charge in [0.2, 0.25) is 0 Å².